The van der Waals surface area contributed by atoms with Crippen LogP contribution < -0.4 is 10.5 Å². The van der Waals surface area contributed by atoms with Crippen LogP contribution in [0.1, 0.15) is 37.9 Å². The molecule has 1 saturated heterocycles. The van der Waals surface area contributed by atoms with Gasteiger partial charge in [-0.2, -0.15) is 0 Å². The lowest BCUT2D eigenvalue weighted by Gasteiger charge is -2.26. The van der Waals surface area contributed by atoms with Crippen LogP contribution >= 0.6 is 0 Å². The van der Waals surface area contributed by atoms with Gasteiger partial charge >= 0.3 is 0 Å². The van der Waals surface area contributed by atoms with Crippen LogP contribution in [0.15, 0.2) is 51.9 Å². The predicted octanol–water partition coefficient (Wildman–Crippen LogP) is 3.36. The van der Waals surface area contributed by atoms with E-state index in [2.05, 4.69) is 30.9 Å². The van der Waals surface area contributed by atoms with Crippen molar-refractivity contribution >= 4 is 22.6 Å². The summed E-state index contributed by atoms with van der Waals surface area (Å²) in [5, 5.41) is 0.580. The molecule has 2 aromatic heterocycles. The molecule has 0 N–H and O–H groups in total. The van der Waals surface area contributed by atoms with Gasteiger partial charge in [0.2, 0.25) is 5.91 Å². The molecule has 3 aromatic rings. The molecule has 31 heavy (non-hydrogen) atoms. The number of pyridine rings is 1. The summed E-state index contributed by atoms with van der Waals surface area (Å²) in [6, 6.07) is 12.3. The molecule has 0 radical (unpaired) electrons. The highest BCUT2D eigenvalue weighted by Crippen LogP contribution is 2.51. The molecule has 6 nitrogen and oxygen atoms in total. The summed E-state index contributed by atoms with van der Waals surface area (Å²) in [6.07, 6.45) is 3.27. The standard InChI is InChI=1S/C25H27N3O3/c1-16(2)26-10-7-17(14-26)15-28-20-6-4-3-5-19(20)25(24(28)30)9-11-27-22(25)13-21-18(23(27)29)8-12-31-21/h3-6,8,12-13,16-17H,7,9-11,14-15H2,1-2H3. The van der Waals surface area contributed by atoms with E-state index in [0.29, 0.717) is 35.9 Å². The first-order valence-electron chi connectivity index (χ1n) is 11.3. The fourth-order valence-corrected chi connectivity index (χ4v) is 5.98. The molecule has 3 aliphatic rings. The van der Waals surface area contributed by atoms with E-state index in [4.69, 9.17) is 4.42 Å². The molecule has 6 rings (SSSR count). The summed E-state index contributed by atoms with van der Waals surface area (Å²) in [5.41, 5.74) is 2.49. The molecule has 2 atom stereocenters. The Morgan fingerprint density at radius 2 is 2.00 bits per heavy atom. The first kappa shape index (κ1) is 18.9. The number of hydrogen-bond acceptors (Lipinski definition) is 4. The van der Waals surface area contributed by atoms with Gasteiger partial charge in [0.1, 0.15) is 11.0 Å². The van der Waals surface area contributed by atoms with Gasteiger partial charge in [-0.3, -0.25) is 9.59 Å². The van der Waals surface area contributed by atoms with Crippen LogP contribution in [0.3, 0.4) is 0 Å². The zero-order valence-corrected chi connectivity index (χ0v) is 18.0. The van der Waals surface area contributed by atoms with Gasteiger partial charge in [0.25, 0.3) is 5.56 Å². The highest BCUT2D eigenvalue weighted by Gasteiger charge is 2.56. The normalized spacial score (nSPS) is 25.3. The van der Waals surface area contributed by atoms with Crippen LogP contribution in [-0.2, 0) is 16.8 Å². The maximum absolute atomic E-state index is 14.1. The molecule has 1 spiro atoms. The Balaban J connectivity index is 1.45. The minimum absolute atomic E-state index is 0.0646. The Labute approximate surface area is 181 Å². The summed E-state index contributed by atoms with van der Waals surface area (Å²) in [4.78, 5) is 31.7. The molecule has 1 aromatic carbocycles. The Bertz CT molecular complexity index is 1260. The number of hydrogen-bond donors (Lipinski definition) is 0. The van der Waals surface area contributed by atoms with E-state index in [1.165, 1.54) is 0 Å². The maximum atomic E-state index is 14.1. The number of amides is 1. The Kier molecular flexibility index (Phi) is 4.00. The zero-order chi connectivity index (χ0) is 21.3. The van der Waals surface area contributed by atoms with Crippen molar-refractivity contribution < 1.29 is 9.21 Å². The highest BCUT2D eigenvalue weighted by atomic mass is 16.3. The number of benzene rings is 1. The second kappa shape index (κ2) is 6.57. The summed E-state index contributed by atoms with van der Waals surface area (Å²) in [6.45, 7) is 7.86. The number of rotatable bonds is 3. The number of likely N-dealkylation sites (tertiary alicyclic amines) is 1. The van der Waals surface area contributed by atoms with Crippen molar-refractivity contribution in [3.8, 4) is 0 Å². The van der Waals surface area contributed by atoms with Gasteiger partial charge in [0.05, 0.1) is 11.6 Å². The summed E-state index contributed by atoms with van der Waals surface area (Å²) in [7, 11) is 0. The van der Waals surface area contributed by atoms with Gasteiger partial charge < -0.3 is 18.8 Å². The van der Waals surface area contributed by atoms with E-state index in [1.807, 2.05) is 23.1 Å². The fourth-order valence-electron chi connectivity index (χ4n) is 5.98. The molecule has 160 valence electrons. The number of carbonyl (C=O) groups excluding carboxylic acids is 1. The summed E-state index contributed by atoms with van der Waals surface area (Å²) in [5.74, 6) is 0.568. The minimum atomic E-state index is -0.799. The van der Waals surface area contributed by atoms with Crippen LogP contribution in [0.5, 0.6) is 0 Å². The lowest BCUT2D eigenvalue weighted by molar-refractivity contribution is -0.121. The topological polar surface area (TPSA) is 58.7 Å². The fraction of sp³-hybridized carbons (Fsp3) is 0.440. The van der Waals surface area contributed by atoms with Gasteiger partial charge in [-0.1, -0.05) is 18.2 Å². The van der Waals surface area contributed by atoms with Crippen LogP contribution in [-0.4, -0.2) is 41.1 Å². The molecule has 1 fully saturated rings. The third kappa shape index (κ3) is 2.48. The number of fused-ring (bicyclic) bond motifs is 5. The largest absolute Gasteiger partial charge is 0.464 e. The number of anilines is 1. The van der Waals surface area contributed by atoms with Crippen molar-refractivity contribution in [2.24, 2.45) is 5.92 Å². The van der Waals surface area contributed by atoms with E-state index in [0.717, 1.165) is 43.0 Å². The van der Waals surface area contributed by atoms with Crippen molar-refractivity contribution in [2.75, 3.05) is 24.5 Å². The monoisotopic (exact) mass is 417 g/mol. The minimum Gasteiger partial charge on any atom is -0.464 e. The van der Waals surface area contributed by atoms with Gasteiger partial charge in [0.15, 0.2) is 0 Å². The second-order valence-corrected chi connectivity index (χ2v) is 9.52. The lowest BCUT2D eigenvalue weighted by Crippen LogP contribution is -2.43. The molecule has 3 aliphatic heterocycles. The van der Waals surface area contributed by atoms with Gasteiger partial charge in [-0.05, 0) is 56.8 Å². The number of furan rings is 1. The van der Waals surface area contributed by atoms with Crippen molar-refractivity contribution in [3.05, 3.63) is 64.3 Å². The molecule has 2 unspecified atom stereocenters. The Hall–Kier alpha value is -2.86. The average molecular weight is 418 g/mol. The molecular formula is C25H27N3O3. The average Bonchev–Trinajstić information content (AvgIpc) is 3.53. The SMILES string of the molecule is CC(C)N1CCC(CN2C(=O)C3(CCn4c3cc3occc3c4=O)c3ccccc32)C1. The highest BCUT2D eigenvalue weighted by molar-refractivity contribution is 6.10. The third-order valence-corrected chi connectivity index (χ3v) is 7.63. The van der Waals surface area contributed by atoms with Crippen LogP contribution in [0, 0.1) is 5.92 Å². The summed E-state index contributed by atoms with van der Waals surface area (Å²) < 4.78 is 7.36. The van der Waals surface area contributed by atoms with Crippen molar-refractivity contribution in [2.45, 2.75) is 44.7 Å². The van der Waals surface area contributed by atoms with E-state index in [-0.39, 0.29) is 11.5 Å². The van der Waals surface area contributed by atoms with Gasteiger partial charge in [-0.15, -0.1) is 0 Å². The van der Waals surface area contributed by atoms with Gasteiger partial charge in [-0.25, -0.2) is 0 Å². The Morgan fingerprint density at radius 3 is 2.81 bits per heavy atom. The first-order valence-corrected chi connectivity index (χ1v) is 11.3. The molecule has 0 bridgehead atoms. The number of carbonyl (C=O) groups is 1. The van der Waals surface area contributed by atoms with E-state index in [1.54, 1.807) is 16.9 Å². The number of nitrogens with zero attached hydrogens (tertiary/aromatic N) is 3. The van der Waals surface area contributed by atoms with Crippen molar-refractivity contribution in [1.29, 1.82) is 0 Å². The zero-order valence-electron chi connectivity index (χ0n) is 18.0. The van der Waals surface area contributed by atoms with Crippen LogP contribution in [0.25, 0.3) is 11.0 Å². The first-order chi connectivity index (χ1) is 15.0. The molecule has 6 heteroatoms. The van der Waals surface area contributed by atoms with Crippen molar-refractivity contribution in [3.63, 3.8) is 0 Å². The number of aromatic nitrogens is 1. The molecule has 1 amide bonds. The quantitative estimate of drug-likeness (QED) is 0.656. The molecule has 0 saturated carbocycles. The number of para-hydroxylation sites is 1. The Morgan fingerprint density at radius 1 is 1.16 bits per heavy atom. The predicted molar refractivity (Wildman–Crippen MR) is 119 cm³/mol. The van der Waals surface area contributed by atoms with E-state index >= 15 is 0 Å². The molecule has 0 aliphatic carbocycles. The summed E-state index contributed by atoms with van der Waals surface area (Å²) >= 11 is 0. The smallest absolute Gasteiger partial charge is 0.261 e. The second-order valence-electron chi connectivity index (χ2n) is 9.52. The van der Waals surface area contributed by atoms with E-state index in [9.17, 15) is 9.59 Å². The maximum Gasteiger partial charge on any atom is 0.261 e. The lowest BCUT2D eigenvalue weighted by atomic mass is 9.77. The molecular weight excluding hydrogens is 390 g/mol. The third-order valence-electron chi connectivity index (χ3n) is 7.63. The van der Waals surface area contributed by atoms with Crippen LogP contribution in [0.4, 0.5) is 5.69 Å². The van der Waals surface area contributed by atoms with Gasteiger partial charge in [0, 0.05) is 43.1 Å². The van der Waals surface area contributed by atoms with E-state index < -0.39 is 5.41 Å². The molecule has 5 heterocycles. The van der Waals surface area contributed by atoms with Crippen LogP contribution in [0.2, 0.25) is 0 Å². The van der Waals surface area contributed by atoms with Crippen molar-refractivity contribution in [1.82, 2.24) is 9.47 Å².